The van der Waals surface area contributed by atoms with Crippen molar-refractivity contribution in [3.05, 3.63) is 41.5 Å². The van der Waals surface area contributed by atoms with Crippen molar-refractivity contribution < 1.29 is 22.8 Å². The summed E-state index contributed by atoms with van der Waals surface area (Å²) in [6, 6.07) is 4.17. The summed E-state index contributed by atoms with van der Waals surface area (Å²) in [6.07, 6.45) is -0.697. The number of carbonyl (C=O) groups excluding carboxylic acids is 2. The second-order valence-corrected chi connectivity index (χ2v) is 5.56. The molecule has 2 rings (SSSR count). The van der Waals surface area contributed by atoms with Crippen LogP contribution in [0, 0.1) is 0 Å². The highest BCUT2D eigenvalue weighted by Crippen LogP contribution is 2.29. The molecule has 1 aromatic rings. The van der Waals surface area contributed by atoms with E-state index in [1.54, 1.807) is 0 Å². The Balaban J connectivity index is 1.89. The predicted molar refractivity (Wildman–Crippen MR) is 82.8 cm³/mol. The Hall–Kier alpha value is -2.51. The van der Waals surface area contributed by atoms with Crippen LogP contribution in [0.15, 0.2) is 30.3 Å². The minimum Gasteiger partial charge on any atom is -0.351 e. The lowest BCUT2D eigenvalue weighted by atomic mass is 10.1. The average molecular weight is 341 g/mol. The quantitative estimate of drug-likeness (QED) is 0.828. The number of amides is 3. The molecule has 3 amide bonds. The fourth-order valence-electron chi connectivity index (χ4n) is 2.48. The Kier molecular flexibility index (Phi) is 5.48. The van der Waals surface area contributed by atoms with Gasteiger partial charge in [-0.05, 0) is 36.6 Å². The molecule has 1 saturated heterocycles. The third kappa shape index (κ3) is 5.00. The van der Waals surface area contributed by atoms with Crippen LogP contribution < -0.4 is 11.1 Å². The van der Waals surface area contributed by atoms with Gasteiger partial charge in [0.15, 0.2) is 0 Å². The zero-order chi connectivity index (χ0) is 17.7. The van der Waals surface area contributed by atoms with Gasteiger partial charge in [-0.15, -0.1) is 0 Å². The lowest BCUT2D eigenvalue weighted by molar-refractivity contribution is -0.137. The van der Waals surface area contributed by atoms with Crippen molar-refractivity contribution in [3.8, 4) is 0 Å². The van der Waals surface area contributed by atoms with Gasteiger partial charge in [-0.2, -0.15) is 13.2 Å². The molecule has 0 unspecified atom stereocenters. The van der Waals surface area contributed by atoms with E-state index in [1.165, 1.54) is 29.2 Å². The summed E-state index contributed by atoms with van der Waals surface area (Å²) in [6.45, 7) is 0.940. The summed E-state index contributed by atoms with van der Waals surface area (Å²) in [5.74, 6) is -0.384. The Morgan fingerprint density at radius 2 is 1.92 bits per heavy atom. The largest absolute Gasteiger partial charge is 0.416 e. The van der Waals surface area contributed by atoms with E-state index in [-0.39, 0.29) is 11.9 Å². The van der Waals surface area contributed by atoms with Crippen LogP contribution in [0.2, 0.25) is 0 Å². The topological polar surface area (TPSA) is 75.4 Å². The van der Waals surface area contributed by atoms with Crippen molar-refractivity contribution in [2.45, 2.75) is 25.1 Å². The number of carbonyl (C=O) groups is 2. The van der Waals surface area contributed by atoms with Crippen molar-refractivity contribution in [1.82, 2.24) is 10.2 Å². The molecule has 8 heteroatoms. The van der Waals surface area contributed by atoms with Crippen LogP contribution in [0.4, 0.5) is 18.0 Å². The molecule has 0 spiro atoms. The highest BCUT2D eigenvalue weighted by molar-refractivity contribution is 5.91. The highest BCUT2D eigenvalue weighted by atomic mass is 19.4. The van der Waals surface area contributed by atoms with Crippen molar-refractivity contribution in [2.75, 3.05) is 13.1 Å². The predicted octanol–water partition coefficient (Wildman–Crippen LogP) is 2.38. The molecule has 130 valence electrons. The number of piperidine rings is 1. The molecule has 24 heavy (non-hydrogen) atoms. The monoisotopic (exact) mass is 341 g/mol. The van der Waals surface area contributed by atoms with Crippen LogP contribution in [-0.4, -0.2) is 36.0 Å². The van der Waals surface area contributed by atoms with Crippen LogP contribution in [0.5, 0.6) is 0 Å². The Morgan fingerprint density at radius 3 is 2.50 bits per heavy atom. The van der Waals surface area contributed by atoms with E-state index in [1.807, 2.05) is 0 Å². The summed E-state index contributed by atoms with van der Waals surface area (Å²) in [4.78, 5) is 24.4. The SMILES string of the molecule is NC(=O)N1CCC(NC(=O)C=Cc2cccc(C(F)(F)F)c2)CC1. The molecule has 1 heterocycles. The fourth-order valence-corrected chi connectivity index (χ4v) is 2.48. The third-order valence-electron chi connectivity index (χ3n) is 3.79. The third-order valence-corrected chi connectivity index (χ3v) is 3.79. The van der Waals surface area contributed by atoms with E-state index < -0.39 is 17.8 Å². The molecule has 5 nitrogen and oxygen atoms in total. The molecule has 1 fully saturated rings. The standard InChI is InChI=1S/C16H18F3N3O2/c17-16(18,19)12-3-1-2-11(10-12)4-5-14(23)21-13-6-8-22(9-7-13)15(20)24/h1-5,10,13H,6-9H2,(H2,20,24)(H,21,23). The van der Waals surface area contributed by atoms with Gasteiger partial charge in [0.25, 0.3) is 0 Å². The molecular weight excluding hydrogens is 323 g/mol. The number of alkyl halides is 3. The first-order valence-electron chi connectivity index (χ1n) is 7.46. The van der Waals surface area contributed by atoms with Crippen molar-refractivity contribution in [1.29, 1.82) is 0 Å². The van der Waals surface area contributed by atoms with Gasteiger partial charge < -0.3 is 16.0 Å². The number of hydrogen-bond acceptors (Lipinski definition) is 2. The maximum atomic E-state index is 12.6. The first kappa shape index (κ1) is 17.8. The molecule has 1 aliphatic heterocycles. The van der Waals surface area contributed by atoms with Gasteiger partial charge in [-0.25, -0.2) is 4.79 Å². The first-order valence-corrected chi connectivity index (χ1v) is 7.46. The summed E-state index contributed by atoms with van der Waals surface area (Å²) >= 11 is 0. The average Bonchev–Trinajstić information content (AvgIpc) is 2.53. The zero-order valence-electron chi connectivity index (χ0n) is 12.8. The van der Waals surface area contributed by atoms with E-state index in [4.69, 9.17) is 5.73 Å². The van der Waals surface area contributed by atoms with Gasteiger partial charge in [0.05, 0.1) is 5.56 Å². The molecule has 1 aromatic carbocycles. The number of benzene rings is 1. The van der Waals surface area contributed by atoms with Crippen molar-refractivity contribution in [3.63, 3.8) is 0 Å². The molecule has 1 aliphatic rings. The van der Waals surface area contributed by atoms with Gasteiger partial charge in [-0.1, -0.05) is 12.1 Å². The Morgan fingerprint density at radius 1 is 1.25 bits per heavy atom. The summed E-state index contributed by atoms with van der Waals surface area (Å²) < 4.78 is 37.9. The van der Waals surface area contributed by atoms with Crippen LogP contribution in [0.1, 0.15) is 24.0 Å². The van der Waals surface area contributed by atoms with Gasteiger partial charge in [0.1, 0.15) is 0 Å². The van der Waals surface area contributed by atoms with Crippen LogP contribution in [0.3, 0.4) is 0 Å². The van der Waals surface area contributed by atoms with Crippen LogP contribution in [0.25, 0.3) is 6.08 Å². The zero-order valence-corrected chi connectivity index (χ0v) is 12.8. The smallest absolute Gasteiger partial charge is 0.351 e. The Labute approximate surface area is 137 Å². The second-order valence-electron chi connectivity index (χ2n) is 5.56. The van der Waals surface area contributed by atoms with Gasteiger partial charge in [0.2, 0.25) is 5.91 Å². The van der Waals surface area contributed by atoms with E-state index in [0.717, 1.165) is 12.1 Å². The summed E-state index contributed by atoms with van der Waals surface area (Å²) in [5, 5.41) is 2.77. The number of rotatable bonds is 3. The number of urea groups is 1. The minimum absolute atomic E-state index is 0.0840. The minimum atomic E-state index is -4.42. The molecule has 0 saturated carbocycles. The van der Waals surface area contributed by atoms with Crippen molar-refractivity contribution in [2.24, 2.45) is 5.73 Å². The second kappa shape index (κ2) is 7.37. The van der Waals surface area contributed by atoms with Gasteiger partial charge in [0, 0.05) is 25.2 Å². The number of halogens is 3. The van der Waals surface area contributed by atoms with Gasteiger partial charge in [-0.3, -0.25) is 4.79 Å². The van der Waals surface area contributed by atoms with E-state index in [2.05, 4.69) is 5.32 Å². The van der Waals surface area contributed by atoms with Crippen LogP contribution in [-0.2, 0) is 11.0 Å². The normalized spacial score (nSPS) is 16.4. The molecule has 0 bridgehead atoms. The summed E-state index contributed by atoms with van der Waals surface area (Å²) in [5.41, 5.74) is 4.71. The maximum absolute atomic E-state index is 12.6. The number of primary amides is 1. The maximum Gasteiger partial charge on any atom is 0.416 e. The van der Waals surface area contributed by atoms with E-state index >= 15 is 0 Å². The number of nitrogens with zero attached hydrogens (tertiary/aromatic N) is 1. The first-order chi connectivity index (χ1) is 11.3. The number of nitrogens with two attached hydrogens (primary N) is 1. The van der Waals surface area contributed by atoms with E-state index in [0.29, 0.717) is 31.5 Å². The highest BCUT2D eigenvalue weighted by Gasteiger charge is 2.30. The fraction of sp³-hybridized carbons (Fsp3) is 0.375. The molecular formula is C16H18F3N3O2. The van der Waals surface area contributed by atoms with E-state index in [9.17, 15) is 22.8 Å². The van der Waals surface area contributed by atoms with Gasteiger partial charge >= 0.3 is 12.2 Å². The molecule has 0 radical (unpaired) electrons. The number of nitrogens with one attached hydrogen (secondary N) is 1. The molecule has 0 aromatic heterocycles. The van der Waals surface area contributed by atoms with Crippen LogP contribution >= 0.6 is 0 Å². The Bertz CT molecular complexity index is 636. The number of likely N-dealkylation sites (tertiary alicyclic amines) is 1. The van der Waals surface area contributed by atoms with Crippen molar-refractivity contribution >= 4 is 18.0 Å². The summed E-state index contributed by atoms with van der Waals surface area (Å²) in [7, 11) is 0. The lowest BCUT2D eigenvalue weighted by Crippen LogP contribution is -2.47. The molecule has 0 atom stereocenters. The molecule has 3 N–H and O–H groups in total. The lowest BCUT2D eigenvalue weighted by Gasteiger charge is -2.30. The molecule has 0 aliphatic carbocycles. The number of hydrogen-bond donors (Lipinski definition) is 2.